The molecule has 1 aliphatic heterocycles. The SMILES string of the molecule is COc1ccc(OC)c(S(=O)(=O)NCCn2nc(C(F)(F)F)c3c2CCOC3)c1. The van der Waals surface area contributed by atoms with Gasteiger partial charge in [0.2, 0.25) is 10.0 Å². The Morgan fingerprint density at radius 1 is 1.28 bits per heavy atom. The van der Waals surface area contributed by atoms with Crippen LogP contribution in [0.1, 0.15) is 17.0 Å². The van der Waals surface area contributed by atoms with Crippen molar-refractivity contribution in [3.63, 3.8) is 0 Å². The Bertz CT molecular complexity index is 989. The first-order chi connectivity index (χ1) is 13.7. The van der Waals surface area contributed by atoms with E-state index in [4.69, 9.17) is 14.2 Å². The Hall–Kier alpha value is -2.31. The van der Waals surface area contributed by atoms with Crippen LogP contribution in [0, 0.1) is 0 Å². The van der Waals surface area contributed by atoms with Crippen LogP contribution in [0.25, 0.3) is 0 Å². The highest BCUT2D eigenvalue weighted by atomic mass is 32.2. The zero-order valence-corrected chi connectivity index (χ0v) is 16.6. The van der Waals surface area contributed by atoms with Crippen molar-refractivity contribution in [3.8, 4) is 11.5 Å². The molecule has 8 nitrogen and oxygen atoms in total. The molecule has 0 atom stereocenters. The Kier molecular flexibility index (Phi) is 6.05. The van der Waals surface area contributed by atoms with Gasteiger partial charge in [0.15, 0.2) is 5.69 Å². The molecule has 0 radical (unpaired) electrons. The van der Waals surface area contributed by atoms with Crippen LogP contribution in [0.2, 0.25) is 0 Å². The number of alkyl halides is 3. The zero-order chi connectivity index (χ0) is 21.2. The number of halogens is 3. The van der Waals surface area contributed by atoms with Crippen LogP contribution < -0.4 is 14.2 Å². The summed E-state index contributed by atoms with van der Waals surface area (Å²) in [5.74, 6) is 0.438. The molecule has 1 aromatic carbocycles. The van der Waals surface area contributed by atoms with Crippen molar-refractivity contribution >= 4 is 10.0 Å². The lowest BCUT2D eigenvalue weighted by molar-refractivity contribution is -0.142. The fourth-order valence-electron chi connectivity index (χ4n) is 3.08. The van der Waals surface area contributed by atoms with Crippen LogP contribution in [0.4, 0.5) is 13.2 Å². The zero-order valence-electron chi connectivity index (χ0n) is 15.7. The van der Waals surface area contributed by atoms with Gasteiger partial charge < -0.3 is 14.2 Å². The van der Waals surface area contributed by atoms with Gasteiger partial charge in [-0.05, 0) is 12.1 Å². The van der Waals surface area contributed by atoms with Crippen LogP contribution in [-0.4, -0.2) is 45.6 Å². The minimum atomic E-state index is -4.61. The summed E-state index contributed by atoms with van der Waals surface area (Å²) in [4.78, 5) is -0.133. The average Bonchev–Trinajstić information content (AvgIpc) is 3.06. The van der Waals surface area contributed by atoms with E-state index in [9.17, 15) is 21.6 Å². The van der Waals surface area contributed by atoms with Gasteiger partial charge in [0, 0.05) is 30.3 Å². The highest BCUT2D eigenvalue weighted by molar-refractivity contribution is 7.89. The number of nitrogens with zero attached hydrogens (tertiary/aromatic N) is 2. The van der Waals surface area contributed by atoms with Gasteiger partial charge in [-0.3, -0.25) is 4.68 Å². The predicted octanol–water partition coefficient (Wildman–Crippen LogP) is 1.97. The van der Waals surface area contributed by atoms with E-state index in [0.717, 1.165) is 0 Å². The number of methoxy groups -OCH3 is 2. The van der Waals surface area contributed by atoms with Crippen LogP contribution in [-0.2, 0) is 40.5 Å². The van der Waals surface area contributed by atoms with Crippen molar-refractivity contribution in [1.82, 2.24) is 14.5 Å². The fourth-order valence-corrected chi connectivity index (χ4v) is 4.28. The molecule has 1 aliphatic rings. The van der Waals surface area contributed by atoms with E-state index >= 15 is 0 Å². The Balaban J connectivity index is 1.79. The molecule has 0 fully saturated rings. The molecule has 1 N–H and O–H groups in total. The van der Waals surface area contributed by atoms with Gasteiger partial charge in [0.1, 0.15) is 16.4 Å². The monoisotopic (exact) mass is 435 g/mol. The predicted molar refractivity (Wildman–Crippen MR) is 95.3 cm³/mol. The highest BCUT2D eigenvalue weighted by Crippen LogP contribution is 2.34. The molecule has 2 heterocycles. The third-order valence-corrected chi connectivity index (χ3v) is 5.92. The number of hydrogen-bond donors (Lipinski definition) is 1. The van der Waals surface area contributed by atoms with Crippen LogP contribution >= 0.6 is 0 Å². The largest absolute Gasteiger partial charge is 0.497 e. The van der Waals surface area contributed by atoms with Crippen LogP contribution in [0.15, 0.2) is 23.1 Å². The molecule has 160 valence electrons. The first-order valence-electron chi connectivity index (χ1n) is 8.62. The van der Waals surface area contributed by atoms with Gasteiger partial charge >= 0.3 is 6.18 Å². The topological polar surface area (TPSA) is 91.7 Å². The Morgan fingerprint density at radius 2 is 2.03 bits per heavy atom. The molecule has 2 aromatic rings. The minimum absolute atomic E-state index is 0.000993. The third-order valence-electron chi connectivity index (χ3n) is 4.44. The molecule has 0 amide bonds. The third kappa shape index (κ3) is 4.49. The number of benzene rings is 1. The lowest BCUT2D eigenvalue weighted by Gasteiger charge is -2.16. The van der Waals surface area contributed by atoms with Gasteiger partial charge in [0.25, 0.3) is 0 Å². The summed E-state index contributed by atoms with van der Waals surface area (Å²) in [5, 5.41) is 3.65. The van der Waals surface area contributed by atoms with Gasteiger partial charge in [-0.25, -0.2) is 13.1 Å². The first kappa shape index (κ1) is 21.4. The molecule has 0 saturated carbocycles. The van der Waals surface area contributed by atoms with E-state index in [1.807, 2.05) is 0 Å². The Labute approximate surface area is 165 Å². The maximum atomic E-state index is 13.2. The van der Waals surface area contributed by atoms with Crippen LogP contribution in [0.3, 0.4) is 0 Å². The highest BCUT2D eigenvalue weighted by Gasteiger charge is 2.39. The molecule has 0 spiro atoms. The number of sulfonamides is 1. The summed E-state index contributed by atoms with van der Waals surface area (Å²) in [6, 6.07) is 4.30. The summed E-state index contributed by atoms with van der Waals surface area (Å²) in [6.07, 6.45) is -4.33. The maximum absolute atomic E-state index is 13.2. The second-order valence-corrected chi connectivity index (χ2v) is 7.95. The van der Waals surface area contributed by atoms with Gasteiger partial charge in [-0.2, -0.15) is 18.3 Å². The van der Waals surface area contributed by atoms with Gasteiger partial charge in [0.05, 0.1) is 34.0 Å². The van der Waals surface area contributed by atoms with E-state index < -0.39 is 21.9 Å². The summed E-state index contributed by atoms with van der Waals surface area (Å²) < 4.78 is 83.7. The fraction of sp³-hybridized carbons (Fsp3) is 0.471. The second kappa shape index (κ2) is 8.20. The summed E-state index contributed by atoms with van der Waals surface area (Å²) in [5.41, 5.74) is -0.590. The van der Waals surface area contributed by atoms with Crippen molar-refractivity contribution in [1.29, 1.82) is 0 Å². The van der Waals surface area contributed by atoms with Crippen molar-refractivity contribution in [3.05, 3.63) is 35.2 Å². The molecule has 1 aromatic heterocycles. The van der Waals surface area contributed by atoms with E-state index in [1.165, 1.54) is 31.0 Å². The Morgan fingerprint density at radius 3 is 2.69 bits per heavy atom. The lowest BCUT2D eigenvalue weighted by atomic mass is 10.1. The summed E-state index contributed by atoms with van der Waals surface area (Å²) in [7, 11) is -1.26. The number of ether oxygens (including phenoxy) is 3. The van der Waals surface area contributed by atoms with E-state index in [2.05, 4.69) is 9.82 Å². The molecule has 0 saturated heterocycles. The van der Waals surface area contributed by atoms with Crippen LogP contribution in [0.5, 0.6) is 11.5 Å². The molecular formula is C17H20F3N3O5S. The van der Waals surface area contributed by atoms with E-state index in [1.54, 1.807) is 6.07 Å². The normalized spacial score (nSPS) is 14.5. The molecule has 3 rings (SSSR count). The molecule has 0 aliphatic carbocycles. The van der Waals surface area contributed by atoms with Crippen molar-refractivity contribution < 1.29 is 35.8 Å². The standard InChI is InChI=1S/C17H20F3N3O5S/c1-26-11-3-4-14(27-2)15(9-11)29(24,25)21-6-7-23-13-5-8-28-10-12(13)16(22-23)17(18,19)20/h3-4,9,21H,5-8,10H2,1-2H3. The number of aromatic nitrogens is 2. The smallest absolute Gasteiger partial charge is 0.435 e. The molecule has 0 unspecified atom stereocenters. The van der Waals surface area contributed by atoms with Gasteiger partial charge in [-0.1, -0.05) is 0 Å². The first-order valence-corrected chi connectivity index (χ1v) is 10.1. The quantitative estimate of drug-likeness (QED) is 0.715. The molecule has 12 heteroatoms. The van der Waals surface area contributed by atoms with Gasteiger partial charge in [-0.15, -0.1) is 0 Å². The summed E-state index contributed by atoms with van der Waals surface area (Å²) >= 11 is 0. The second-order valence-electron chi connectivity index (χ2n) is 6.21. The van der Waals surface area contributed by atoms with Crippen molar-refractivity contribution in [2.45, 2.75) is 30.6 Å². The maximum Gasteiger partial charge on any atom is 0.435 e. The van der Waals surface area contributed by atoms with E-state index in [-0.39, 0.29) is 48.9 Å². The number of hydrogen-bond acceptors (Lipinski definition) is 6. The van der Waals surface area contributed by atoms with Crippen molar-refractivity contribution in [2.75, 3.05) is 27.4 Å². The van der Waals surface area contributed by atoms with E-state index in [0.29, 0.717) is 11.4 Å². The molecular weight excluding hydrogens is 415 g/mol. The minimum Gasteiger partial charge on any atom is -0.497 e. The number of rotatable bonds is 7. The number of nitrogens with one attached hydrogen (secondary N) is 1. The van der Waals surface area contributed by atoms with Crippen molar-refractivity contribution in [2.24, 2.45) is 0 Å². The molecule has 0 bridgehead atoms. The summed E-state index contributed by atoms with van der Waals surface area (Å²) in [6.45, 7) is -0.113. The average molecular weight is 435 g/mol. The lowest BCUT2D eigenvalue weighted by Crippen LogP contribution is -2.29. The molecule has 29 heavy (non-hydrogen) atoms. The number of fused-ring (bicyclic) bond motifs is 1.